The molecule has 3 nitrogen and oxygen atoms in total. The predicted molar refractivity (Wildman–Crippen MR) is 159 cm³/mol. The minimum atomic E-state index is 0.959. The Morgan fingerprint density at radius 2 is 1.08 bits per heavy atom. The summed E-state index contributed by atoms with van der Waals surface area (Å²) in [6, 6.07) is 45.1. The van der Waals surface area contributed by atoms with Crippen LogP contribution in [-0.4, -0.2) is 16.4 Å². The van der Waals surface area contributed by atoms with E-state index in [1.807, 2.05) is 79.1 Å². The van der Waals surface area contributed by atoms with Gasteiger partial charge in [-0.3, -0.25) is 15.0 Å². The first-order valence-corrected chi connectivity index (χ1v) is 12.8. The molecule has 3 heterocycles. The summed E-state index contributed by atoms with van der Waals surface area (Å²) in [5.41, 5.74) is 9.46. The number of aromatic nitrogens is 1. The fourth-order valence-electron chi connectivity index (χ4n) is 4.26. The van der Waals surface area contributed by atoms with Gasteiger partial charge in [0.1, 0.15) is 0 Å². The molecule has 0 aliphatic carbocycles. The number of pyridine rings is 1. The smallest absolute Gasteiger partial charge is 0.0701 e. The van der Waals surface area contributed by atoms with Gasteiger partial charge in [-0.25, -0.2) is 0 Å². The fraction of sp³-hybridized carbons (Fsp3) is 0.0571. The molecule has 5 aromatic rings. The van der Waals surface area contributed by atoms with E-state index in [-0.39, 0.29) is 0 Å². The third kappa shape index (κ3) is 6.65. The highest BCUT2D eigenvalue weighted by atomic mass is 14.8. The number of allylic oxidation sites excluding steroid dienone is 1. The van der Waals surface area contributed by atoms with Gasteiger partial charge in [0, 0.05) is 30.8 Å². The Labute approximate surface area is 224 Å². The van der Waals surface area contributed by atoms with Gasteiger partial charge in [-0.1, -0.05) is 121 Å². The number of aliphatic imine (C=N–C) groups is 2. The van der Waals surface area contributed by atoms with Crippen molar-refractivity contribution in [3.05, 3.63) is 169 Å². The van der Waals surface area contributed by atoms with Crippen molar-refractivity contribution in [3.8, 4) is 11.3 Å². The largest absolute Gasteiger partial charge is 0.261 e. The molecule has 0 unspecified atom stereocenters. The second-order valence-electron chi connectivity index (χ2n) is 8.84. The lowest BCUT2D eigenvalue weighted by molar-refractivity contribution is 1.33. The molecule has 0 saturated heterocycles. The molecule has 7 rings (SSSR count). The summed E-state index contributed by atoms with van der Waals surface area (Å²) in [4.78, 5) is 13.1. The van der Waals surface area contributed by atoms with Gasteiger partial charge >= 0.3 is 0 Å². The number of nitrogens with zero attached hydrogens (tertiary/aromatic N) is 3. The van der Waals surface area contributed by atoms with E-state index in [0.717, 1.165) is 29.8 Å². The van der Waals surface area contributed by atoms with Crippen molar-refractivity contribution in [2.75, 3.05) is 0 Å². The Kier molecular flexibility index (Phi) is 8.41. The van der Waals surface area contributed by atoms with Crippen molar-refractivity contribution < 1.29 is 0 Å². The molecule has 0 radical (unpaired) electrons. The summed E-state index contributed by atoms with van der Waals surface area (Å²) in [5, 5.41) is 0. The molecular weight excluding hydrogens is 462 g/mol. The Morgan fingerprint density at radius 1 is 0.500 bits per heavy atom. The van der Waals surface area contributed by atoms with Crippen LogP contribution in [0.15, 0.2) is 162 Å². The first kappa shape index (κ1) is 24.8. The number of para-hydroxylation sites is 1. The van der Waals surface area contributed by atoms with Crippen LogP contribution in [0.1, 0.15) is 23.1 Å². The van der Waals surface area contributed by atoms with Gasteiger partial charge in [-0.05, 0) is 34.9 Å². The zero-order chi connectivity index (χ0) is 25.8. The highest BCUT2D eigenvalue weighted by molar-refractivity contribution is 6.06. The fourth-order valence-corrected chi connectivity index (χ4v) is 4.26. The molecule has 184 valence electrons. The summed E-state index contributed by atoms with van der Waals surface area (Å²) < 4.78 is 0. The van der Waals surface area contributed by atoms with E-state index in [1.165, 1.54) is 28.1 Å². The van der Waals surface area contributed by atoms with E-state index in [4.69, 9.17) is 0 Å². The van der Waals surface area contributed by atoms with Crippen molar-refractivity contribution in [2.45, 2.75) is 12.8 Å². The molecule has 0 amide bonds. The summed E-state index contributed by atoms with van der Waals surface area (Å²) in [6.07, 6.45) is 7.68. The van der Waals surface area contributed by atoms with Crippen LogP contribution in [-0.2, 0) is 6.42 Å². The van der Waals surface area contributed by atoms with E-state index in [2.05, 4.69) is 87.8 Å². The van der Waals surface area contributed by atoms with Crippen molar-refractivity contribution in [1.82, 2.24) is 4.98 Å². The van der Waals surface area contributed by atoms with Crippen LogP contribution in [0, 0.1) is 0 Å². The Bertz CT molecular complexity index is 1480. The standard InChI is InChI=1S/C14H11N.C11H9N.C10H9N/c1-2-6-11(7-3-1)14-10-12-8-4-5-9-13(12)15-14;1-2-6-10(7-3-1)11-8-4-5-9-12-11;1-2-5-9(6-3-1)10-7-4-8-11-10/h1-9H,10H2;1-9H;1-6,8H,7H2. The van der Waals surface area contributed by atoms with Crippen molar-refractivity contribution in [1.29, 1.82) is 0 Å². The first-order valence-electron chi connectivity index (χ1n) is 12.8. The Hall–Kier alpha value is -4.89. The molecular formula is C35H29N3. The number of benzene rings is 4. The molecule has 3 heteroatoms. The van der Waals surface area contributed by atoms with E-state index in [0.29, 0.717) is 0 Å². The van der Waals surface area contributed by atoms with Crippen LogP contribution in [0.4, 0.5) is 5.69 Å². The predicted octanol–water partition coefficient (Wildman–Crippen LogP) is 8.51. The van der Waals surface area contributed by atoms with Gasteiger partial charge in [0.05, 0.1) is 22.8 Å². The van der Waals surface area contributed by atoms with Crippen molar-refractivity contribution >= 4 is 17.1 Å². The minimum absolute atomic E-state index is 0.959. The van der Waals surface area contributed by atoms with E-state index >= 15 is 0 Å². The molecule has 2 aliphatic rings. The van der Waals surface area contributed by atoms with Gasteiger partial charge in [-0.2, -0.15) is 0 Å². The summed E-state index contributed by atoms with van der Waals surface area (Å²) in [6.45, 7) is 0. The highest BCUT2D eigenvalue weighted by Crippen LogP contribution is 2.28. The topological polar surface area (TPSA) is 37.6 Å². The maximum Gasteiger partial charge on any atom is 0.0701 e. The Morgan fingerprint density at radius 3 is 1.66 bits per heavy atom. The average molecular weight is 492 g/mol. The average Bonchev–Trinajstić information content (AvgIpc) is 3.71. The normalized spacial score (nSPS) is 12.7. The highest BCUT2D eigenvalue weighted by Gasteiger charge is 2.14. The number of fused-ring (bicyclic) bond motifs is 1. The third-order valence-electron chi connectivity index (χ3n) is 6.20. The van der Waals surface area contributed by atoms with Gasteiger partial charge in [0.2, 0.25) is 0 Å². The molecule has 0 spiro atoms. The molecule has 0 bridgehead atoms. The lowest BCUT2D eigenvalue weighted by Gasteiger charge is -1.98. The SMILES string of the molecule is C1=CN=C(c2ccccc2)C1.c1ccc(-c2ccccn2)cc1.c1ccc(C2=Nc3ccccc3C2)cc1. The summed E-state index contributed by atoms with van der Waals surface area (Å²) >= 11 is 0. The van der Waals surface area contributed by atoms with E-state index in [9.17, 15) is 0 Å². The van der Waals surface area contributed by atoms with Crippen LogP contribution >= 0.6 is 0 Å². The zero-order valence-electron chi connectivity index (χ0n) is 21.2. The lowest BCUT2D eigenvalue weighted by Crippen LogP contribution is -1.99. The van der Waals surface area contributed by atoms with Crippen molar-refractivity contribution in [2.24, 2.45) is 9.98 Å². The minimum Gasteiger partial charge on any atom is -0.261 e. The lowest BCUT2D eigenvalue weighted by atomic mass is 10.0. The second kappa shape index (κ2) is 12.9. The molecule has 0 atom stereocenters. The molecule has 0 N–H and O–H groups in total. The molecule has 4 aromatic carbocycles. The maximum atomic E-state index is 4.64. The number of hydrogen-bond donors (Lipinski definition) is 0. The van der Waals surface area contributed by atoms with Crippen LogP contribution in [0.2, 0.25) is 0 Å². The van der Waals surface area contributed by atoms with Crippen LogP contribution in [0.25, 0.3) is 11.3 Å². The Balaban J connectivity index is 0.000000118. The first-order chi connectivity index (χ1) is 18.9. The van der Waals surface area contributed by atoms with Crippen LogP contribution in [0.5, 0.6) is 0 Å². The molecule has 0 saturated carbocycles. The summed E-state index contributed by atoms with van der Waals surface area (Å²) in [7, 11) is 0. The number of rotatable bonds is 3. The third-order valence-corrected chi connectivity index (χ3v) is 6.20. The molecule has 0 fully saturated rings. The molecule has 38 heavy (non-hydrogen) atoms. The van der Waals surface area contributed by atoms with Gasteiger partial charge in [-0.15, -0.1) is 0 Å². The monoisotopic (exact) mass is 491 g/mol. The number of hydrogen-bond acceptors (Lipinski definition) is 3. The van der Waals surface area contributed by atoms with Crippen LogP contribution < -0.4 is 0 Å². The van der Waals surface area contributed by atoms with Crippen molar-refractivity contribution in [3.63, 3.8) is 0 Å². The molecule has 1 aromatic heterocycles. The summed E-state index contributed by atoms with van der Waals surface area (Å²) in [5.74, 6) is 0. The van der Waals surface area contributed by atoms with Gasteiger partial charge < -0.3 is 0 Å². The quantitative estimate of drug-likeness (QED) is 0.249. The van der Waals surface area contributed by atoms with Crippen LogP contribution in [0.3, 0.4) is 0 Å². The maximum absolute atomic E-state index is 4.64. The second-order valence-corrected chi connectivity index (χ2v) is 8.84. The van der Waals surface area contributed by atoms with E-state index in [1.54, 1.807) is 0 Å². The molecule has 2 aliphatic heterocycles. The van der Waals surface area contributed by atoms with Gasteiger partial charge in [0.25, 0.3) is 0 Å². The van der Waals surface area contributed by atoms with Gasteiger partial charge in [0.15, 0.2) is 0 Å². The van der Waals surface area contributed by atoms with E-state index < -0.39 is 0 Å². The zero-order valence-corrected chi connectivity index (χ0v) is 21.2.